The van der Waals surface area contributed by atoms with E-state index in [1.165, 1.54) is 6.08 Å². The Bertz CT molecular complexity index is 796. The molecule has 4 rings (SSSR count). The first-order chi connectivity index (χ1) is 12.0. The molecule has 0 radical (unpaired) electrons. The van der Waals surface area contributed by atoms with Crippen LogP contribution in [0.3, 0.4) is 0 Å². The van der Waals surface area contributed by atoms with Gasteiger partial charge in [0.1, 0.15) is 11.4 Å². The molecule has 0 spiro atoms. The smallest absolute Gasteiger partial charge is 0.790 e. The Balaban J connectivity index is 0. The molecule has 0 amide bonds. The van der Waals surface area contributed by atoms with E-state index in [-0.39, 0.29) is 130 Å². The fourth-order valence-corrected chi connectivity index (χ4v) is 3.38. The molecule has 0 unspecified atom stereocenters. The third-order valence-electron chi connectivity index (χ3n) is 3.69. The summed E-state index contributed by atoms with van der Waals surface area (Å²) in [5.74, 6) is 0.0485. The molecule has 3 saturated heterocycles. The van der Waals surface area contributed by atoms with E-state index in [1.54, 1.807) is 0 Å². The van der Waals surface area contributed by atoms with Crippen molar-refractivity contribution in [2.75, 3.05) is 39.3 Å². The summed E-state index contributed by atoms with van der Waals surface area (Å²) in [5.41, 5.74) is 1.89. The van der Waals surface area contributed by atoms with Crippen molar-refractivity contribution in [3.63, 3.8) is 0 Å². The minimum Gasteiger partial charge on any atom is -0.790 e. The molecule has 4 aliphatic rings. The first kappa shape index (κ1) is 34.6. The van der Waals surface area contributed by atoms with E-state index in [0.717, 1.165) is 39.3 Å². The normalized spacial score (nSPS) is 19.2. The summed E-state index contributed by atoms with van der Waals surface area (Å²) in [6.07, 6.45) is 1.52. The zero-order valence-corrected chi connectivity index (χ0v) is 27.0. The second-order valence-corrected chi connectivity index (χ2v) is 8.30. The molecule has 0 aromatic heterocycles. The summed E-state index contributed by atoms with van der Waals surface area (Å²) in [6, 6.07) is 0. The number of ketones is 2. The van der Waals surface area contributed by atoms with Crippen LogP contribution in [0.15, 0.2) is 23.2 Å². The van der Waals surface area contributed by atoms with Gasteiger partial charge in [0, 0.05) is 45.3 Å². The van der Waals surface area contributed by atoms with Crippen LogP contribution >= 0.6 is 15.6 Å². The second-order valence-electron chi connectivity index (χ2n) is 5.86. The number of carbonyl (C=O) groups excluding carboxylic acids is 2. The molecular formula is C12H13N3Na4O9P2. The van der Waals surface area contributed by atoms with Crippen LogP contribution in [-0.2, 0) is 23.0 Å². The Morgan fingerprint density at radius 2 is 1.07 bits per heavy atom. The summed E-state index contributed by atoms with van der Waals surface area (Å²) in [4.78, 5) is 67.8. The first-order valence-electron chi connectivity index (χ1n) is 7.51. The van der Waals surface area contributed by atoms with E-state index in [9.17, 15) is 38.3 Å². The van der Waals surface area contributed by atoms with Crippen LogP contribution in [0.4, 0.5) is 0 Å². The quantitative estimate of drug-likeness (QED) is 0.152. The third-order valence-corrected chi connectivity index (χ3v) is 5.29. The van der Waals surface area contributed by atoms with Crippen molar-refractivity contribution in [3.8, 4) is 0 Å². The summed E-state index contributed by atoms with van der Waals surface area (Å²) < 4.78 is 21.2. The van der Waals surface area contributed by atoms with Gasteiger partial charge in [-0.1, -0.05) is 0 Å². The van der Waals surface area contributed by atoms with Gasteiger partial charge in [-0.15, -0.1) is 0 Å². The van der Waals surface area contributed by atoms with Gasteiger partial charge in [-0.05, 0) is 0 Å². The van der Waals surface area contributed by atoms with Gasteiger partial charge in [0.05, 0.1) is 21.3 Å². The maximum absolute atomic E-state index is 12.4. The van der Waals surface area contributed by atoms with Gasteiger partial charge < -0.3 is 47.7 Å². The molecule has 0 atom stereocenters. The Hall–Kier alpha value is 2.48. The van der Waals surface area contributed by atoms with Crippen LogP contribution < -0.4 is 138 Å². The molecule has 0 aromatic rings. The first-order valence-corrected chi connectivity index (χ1v) is 10.4. The largest absolute Gasteiger partial charge is 1.00 e. The molecular weight excluding hydrogens is 484 g/mol. The van der Waals surface area contributed by atoms with E-state index < -0.39 is 15.6 Å². The number of rotatable bonds is 5. The molecule has 0 aromatic carbocycles. The van der Waals surface area contributed by atoms with Gasteiger partial charge >= 0.3 is 118 Å². The molecule has 144 valence electrons. The number of Topliss-reactive ketones (excluding diaryl/α,β-unsaturated/α-hetero) is 1. The van der Waals surface area contributed by atoms with Gasteiger partial charge in [-0.2, -0.15) is 0 Å². The molecule has 3 fully saturated rings. The summed E-state index contributed by atoms with van der Waals surface area (Å²) in [6.45, 7) is 5.41. The summed E-state index contributed by atoms with van der Waals surface area (Å²) in [7, 11) is -11.4. The molecule has 0 N–H and O–H groups in total. The molecule has 1 aliphatic carbocycles. The Morgan fingerprint density at radius 3 is 1.37 bits per heavy atom. The molecule has 3 heterocycles. The van der Waals surface area contributed by atoms with Crippen molar-refractivity contribution in [1.82, 2.24) is 14.7 Å². The van der Waals surface area contributed by atoms with Crippen molar-refractivity contribution in [3.05, 3.63) is 23.2 Å². The van der Waals surface area contributed by atoms with E-state index in [4.69, 9.17) is 0 Å². The van der Waals surface area contributed by atoms with Crippen LogP contribution in [0.5, 0.6) is 0 Å². The van der Waals surface area contributed by atoms with Crippen LogP contribution in [0.25, 0.3) is 0 Å². The van der Waals surface area contributed by atoms with E-state index in [1.807, 2.05) is 14.7 Å². The number of phosphoric acid groups is 2. The van der Waals surface area contributed by atoms with Gasteiger partial charge in [-0.3, -0.25) is 9.59 Å². The monoisotopic (exact) mass is 497 g/mol. The average molecular weight is 497 g/mol. The SMILES string of the molecule is O=C1C=C(N2CC2)C(=O)C(N2CC2)=C1N1CC1.O=P([O-])([O-])OP(=O)([O-])[O-].[Na+].[Na+].[Na+].[Na+]. The fourth-order valence-electron chi connectivity index (χ4n) is 2.40. The van der Waals surface area contributed by atoms with Crippen molar-refractivity contribution < 1.29 is 161 Å². The number of allylic oxidation sites excluding steroid dienone is 1. The Morgan fingerprint density at radius 1 is 0.700 bits per heavy atom. The molecule has 30 heavy (non-hydrogen) atoms. The standard InChI is InChI=1S/C12H13N3O2.4Na.H4O7P2/c16-9-7-8(13-1-2-13)12(17)11(15-5-6-15)10(9)14-3-4-14;;;;;1-8(2,3)7-9(4,5)6/h7H,1-6H2;;;;;(H2,1,2,3)(H2,4,5,6)/q;4*+1;/p-4. The van der Waals surface area contributed by atoms with Gasteiger partial charge in [0.25, 0.3) is 0 Å². The second kappa shape index (κ2) is 13.5. The van der Waals surface area contributed by atoms with Gasteiger partial charge in [0.15, 0.2) is 0 Å². The average Bonchev–Trinajstić information content (AvgIpc) is 3.33. The minimum atomic E-state index is -5.68. The van der Waals surface area contributed by atoms with Crippen LogP contribution in [0.2, 0.25) is 0 Å². The summed E-state index contributed by atoms with van der Waals surface area (Å²) in [5, 5.41) is 0. The Kier molecular flexibility index (Phi) is 15.6. The fraction of sp³-hybridized carbons (Fsp3) is 0.500. The van der Waals surface area contributed by atoms with Crippen LogP contribution in [0, 0.1) is 0 Å². The van der Waals surface area contributed by atoms with Crippen molar-refractivity contribution in [2.45, 2.75) is 0 Å². The predicted octanol–water partition coefficient (Wildman–Crippen LogP) is -16.1. The maximum Gasteiger partial charge on any atom is 1.00 e. The van der Waals surface area contributed by atoms with Crippen molar-refractivity contribution >= 4 is 27.2 Å². The number of hydrogen-bond donors (Lipinski definition) is 0. The van der Waals surface area contributed by atoms with E-state index in [2.05, 4.69) is 4.31 Å². The molecule has 0 saturated carbocycles. The minimum absolute atomic E-state index is 0. The topological polar surface area (TPSA) is 179 Å². The number of carbonyl (C=O) groups is 2. The number of nitrogens with zero attached hydrogens (tertiary/aromatic N) is 3. The maximum atomic E-state index is 12.4. The third kappa shape index (κ3) is 10.8. The van der Waals surface area contributed by atoms with Crippen molar-refractivity contribution in [2.24, 2.45) is 0 Å². The molecule has 0 bridgehead atoms. The Labute approximate surface area is 261 Å². The zero-order chi connectivity index (χ0) is 19.3. The predicted molar refractivity (Wildman–Crippen MR) is 76.1 cm³/mol. The summed E-state index contributed by atoms with van der Waals surface area (Å²) >= 11 is 0. The van der Waals surface area contributed by atoms with Gasteiger partial charge in [-0.25, -0.2) is 0 Å². The van der Waals surface area contributed by atoms with E-state index >= 15 is 0 Å². The molecule has 3 aliphatic heterocycles. The molecule has 12 nitrogen and oxygen atoms in total. The van der Waals surface area contributed by atoms with Crippen LogP contribution in [0.1, 0.15) is 0 Å². The van der Waals surface area contributed by atoms with E-state index in [0.29, 0.717) is 17.1 Å². The number of hydrogen-bond acceptors (Lipinski definition) is 12. The van der Waals surface area contributed by atoms with Gasteiger partial charge in [0.2, 0.25) is 11.6 Å². The molecule has 18 heteroatoms. The van der Waals surface area contributed by atoms with Crippen molar-refractivity contribution in [1.29, 1.82) is 0 Å². The van der Waals surface area contributed by atoms with Crippen LogP contribution in [-0.4, -0.2) is 65.5 Å². The zero-order valence-electron chi connectivity index (χ0n) is 17.2.